The number of hydrogen-bond acceptors (Lipinski definition) is 0. The van der Waals surface area contributed by atoms with Crippen LogP contribution >= 0.6 is 0 Å². The van der Waals surface area contributed by atoms with Gasteiger partial charge in [-0.2, -0.15) is 0 Å². The van der Waals surface area contributed by atoms with E-state index in [4.69, 9.17) is 0 Å². The molecular weight excluding hydrogens is 134 g/mol. The van der Waals surface area contributed by atoms with Crippen LogP contribution in [-0.4, -0.2) is 19.6 Å². The minimum atomic E-state index is 0.990. The zero-order valence-corrected chi connectivity index (χ0v) is 6.66. The average Bonchev–Trinajstić information content (AvgIpc) is 2.86. The zero-order valence-electron chi connectivity index (χ0n) is 6.66. The molecule has 1 nitrogen and oxygen atoms in total. The minimum absolute atomic E-state index is 0.990. The Balaban J connectivity index is 2.30. The second-order valence-corrected chi connectivity index (χ2v) is 3.15. The number of benzene rings is 1. The molecule has 0 atom stereocenters. The molecule has 0 spiro atoms. The molecule has 1 fully saturated rings. The average molecular weight is 147 g/mol. The summed E-state index contributed by atoms with van der Waals surface area (Å²) in [6.07, 6.45) is 0. The highest BCUT2D eigenvalue weighted by Crippen LogP contribution is 2.30. The van der Waals surface area contributed by atoms with Crippen molar-refractivity contribution in [3.05, 3.63) is 37.3 Å². The van der Waals surface area contributed by atoms with E-state index in [1.54, 1.807) is 0 Å². The molecule has 1 heteroatoms. The third-order valence-corrected chi connectivity index (χ3v) is 2.50. The predicted octanol–water partition coefficient (Wildman–Crippen LogP) is 1.84. The predicted molar refractivity (Wildman–Crippen MR) is 48.2 cm³/mol. The smallest absolute Gasteiger partial charge is 0.134 e. The number of hydrogen-bond donors (Lipinski definition) is 0. The Bertz CT molecular complexity index is 236. The quantitative estimate of drug-likeness (QED) is 0.442. The lowest BCUT2D eigenvalue weighted by Crippen LogP contribution is -2.24. The van der Waals surface area contributed by atoms with Crippen molar-refractivity contribution in [2.24, 2.45) is 0 Å². The Morgan fingerprint density at radius 1 is 1.18 bits per heavy atom. The summed E-state index contributed by atoms with van der Waals surface area (Å²) in [5.74, 6) is 0. The van der Waals surface area contributed by atoms with E-state index in [0.717, 1.165) is 11.0 Å². The maximum Gasteiger partial charge on any atom is 0.134 e. The van der Waals surface area contributed by atoms with E-state index in [0.29, 0.717) is 0 Å². The molecule has 0 N–H and O–H groups in total. The molecular formula is C10H13N+. The van der Waals surface area contributed by atoms with E-state index in [-0.39, 0.29) is 0 Å². The van der Waals surface area contributed by atoms with E-state index in [1.165, 1.54) is 18.8 Å². The van der Waals surface area contributed by atoms with Gasteiger partial charge in [-0.15, -0.1) is 0 Å². The van der Waals surface area contributed by atoms with Gasteiger partial charge < -0.3 is 0 Å². The first-order valence-electron chi connectivity index (χ1n) is 4.08. The lowest BCUT2D eigenvalue weighted by atomic mass is 10.3. The highest BCUT2D eigenvalue weighted by molar-refractivity contribution is 5.46. The lowest BCUT2D eigenvalue weighted by molar-refractivity contribution is 0.598. The molecule has 0 saturated carbocycles. The molecule has 11 heavy (non-hydrogen) atoms. The SMILES string of the molecule is [CH2]C[N+]1(c2ccccc2)CC1. The van der Waals surface area contributed by atoms with E-state index >= 15 is 0 Å². The van der Waals surface area contributed by atoms with Gasteiger partial charge in [-0.1, -0.05) is 18.2 Å². The van der Waals surface area contributed by atoms with Crippen molar-refractivity contribution >= 4 is 5.69 Å². The molecule has 0 bridgehead atoms. The highest BCUT2D eigenvalue weighted by atomic mass is 15.5. The second kappa shape index (κ2) is 2.35. The molecule has 1 aromatic rings. The van der Waals surface area contributed by atoms with Crippen LogP contribution in [0.2, 0.25) is 0 Å². The van der Waals surface area contributed by atoms with Gasteiger partial charge in [0.05, 0.1) is 6.54 Å². The summed E-state index contributed by atoms with van der Waals surface area (Å²) >= 11 is 0. The molecule has 0 aromatic heterocycles. The van der Waals surface area contributed by atoms with Crippen LogP contribution in [0.15, 0.2) is 30.3 Å². The Labute approximate surface area is 67.9 Å². The minimum Gasteiger partial charge on any atom is -0.282 e. The summed E-state index contributed by atoms with van der Waals surface area (Å²) in [4.78, 5) is 0. The lowest BCUT2D eigenvalue weighted by Gasteiger charge is -2.14. The molecule has 1 heterocycles. The fourth-order valence-electron chi connectivity index (χ4n) is 1.48. The normalized spacial score (nSPS) is 19.7. The maximum absolute atomic E-state index is 3.97. The van der Waals surface area contributed by atoms with Crippen LogP contribution in [0.25, 0.3) is 0 Å². The van der Waals surface area contributed by atoms with Gasteiger partial charge in [-0.25, -0.2) is 0 Å². The van der Waals surface area contributed by atoms with Crippen molar-refractivity contribution in [2.45, 2.75) is 0 Å². The van der Waals surface area contributed by atoms with Gasteiger partial charge in [0.1, 0.15) is 18.8 Å². The summed E-state index contributed by atoms with van der Waals surface area (Å²) in [7, 11) is 0. The summed E-state index contributed by atoms with van der Waals surface area (Å²) in [5, 5.41) is 0. The largest absolute Gasteiger partial charge is 0.282 e. The van der Waals surface area contributed by atoms with Crippen molar-refractivity contribution in [2.75, 3.05) is 19.6 Å². The van der Waals surface area contributed by atoms with Crippen LogP contribution < -0.4 is 4.48 Å². The van der Waals surface area contributed by atoms with Gasteiger partial charge >= 0.3 is 0 Å². The topological polar surface area (TPSA) is 0 Å². The van der Waals surface area contributed by atoms with Gasteiger partial charge in [0.2, 0.25) is 0 Å². The first-order chi connectivity index (χ1) is 5.37. The van der Waals surface area contributed by atoms with Crippen LogP contribution in [0.3, 0.4) is 0 Å². The molecule has 0 amide bonds. The van der Waals surface area contributed by atoms with Crippen LogP contribution in [0.4, 0.5) is 5.69 Å². The number of nitrogens with zero attached hydrogens (tertiary/aromatic N) is 1. The molecule has 0 aliphatic carbocycles. The van der Waals surface area contributed by atoms with Crippen molar-refractivity contribution in [1.29, 1.82) is 0 Å². The Morgan fingerprint density at radius 2 is 1.82 bits per heavy atom. The standard InChI is InChI=1S/C10H13N/c1-2-11(8-9-11)10-6-4-3-5-7-10/h3-7H,1-2,8-9H2/q+1. The molecule has 2 rings (SSSR count). The Kier molecular flexibility index (Phi) is 1.46. The third-order valence-electron chi connectivity index (χ3n) is 2.50. The van der Waals surface area contributed by atoms with Crippen LogP contribution in [0, 0.1) is 6.92 Å². The number of para-hydroxylation sites is 1. The molecule has 1 saturated heterocycles. The molecule has 1 radical (unpaired) electrons. The van der Waals surface area contributed by atoms with E-state index in [2.05, 4.69) is 37.3 Å². The molecule has 1 aliphatic rings. The highest BCUT2D eigenvalue weighted by Gasteiger charge is 2.42. The Morgan fingerprint density at radius 3 is 2.27 bits per heavy atom. The summed E-state index contributed by atoms with van der Waals surface area (Å²) in [5.41, 5.74) is 1.42. The molecule has 1 aromatic carbocycles. The van der Waals surface area contributed by atoms with E-state index < -0.39 is 0 Å². The van der Waals surface area contributed by atoms with Gasteiger partial charge in [0.25, 0.3) is 0 Å². The fraction of sp³-hybridized carbons (Fsp3) is 0.300. The second-order valence-electron chi connectivity index (χ2n) is 3.15. The third kappa shape index (κ3) is 1.05. The summed E-state index contributed by atoms with van der Waals surface area (Å²) < 4.78 is 1.10. The first kappa shape index (κ1) is 6.86. The van der Waals surface area contributed by atoms with Gasteiger partial charge in [-0.3, -0.25) is 4.48 Å². The van der Waals surface area contributed by atoms with Crippen LogP contribution in [-0.2, 0) is 0 Å². The number of quaternary nitrogens is 1. The first-order valence-corrected chi connectivity index (χ1v) is 4.08. The maximum atomic E-state index is 3.97. The van der Waals surface area contributed by atoms with Crippen molar-refractivity contribution in [1.82, 2.24) is 4.48 Å². The van der Waals surface area contributed by atoms with Gasteiger partial charge in [0.15, 0.2) is 0 Å². The molecule has 57 valence electrons. The fourth-order valence-corrected chi connectivity index (χ4v) is 1.48. The number of rotatable bonds is 2. The molecule has 0 unspecified atom stereocenters. The van der Waals surface area contributed by atoms with Crippen LogP contribution in [0.5, 0.6) is 0 Å². The summed E-state index contributed by atoms with van der Waals surface area (Å²) in [6.45, 7) is 7.50. The monoisotopic (exact) mass is 147 g/mol. The van der Waals surface area contributed by atoms with Gasteiger partial charge in [-0.05, 0) is 12.1 Å². The van der Waals surface area contributed by atoms with Crippen molar-refractivity contribution in [3.63, 3.8) is 0 Å². The van der Waals surface area contributed by atoms with E-state index in [9.17, 15) is 0 Å². The zero-order chi connectivity index (χ0) is 7.73. The van der Waals surface area contributed by atoms with E-state index in [1.807, 2.05) is 0 Å². The van der Waals surface area contributed by atoms with Crippen molar-refractivity contribution in [3.8, 4) is 0 Å². The van der Waals surface area contributed by atoms with Crippen molar-refractivity contribution < 1.29 is 0 Å². The molecule has 1 aliphatic heterocycles. The van der Waals surface area contributed by atoms with Crippen LogP contribution in [0.1, 0.15) is 0 Å². The van der Waals surface area contributed by atoms with Gasteiger partial charge in [0, 0.05) is 6.92 Å². The Hall–Kier alpha value is -0.820. The summed E-state index contributed by atoms with van der Waals surface area (Å²) in [6, 6.07) is 10.6.